The van der Waals surface area contributed by atoms with Gasteiger partial charge in [-0.3, -0.25) is 4.79 Å². The van der Waals surface area contributed by atoms with Gasteiger partial charge < -0.3 is 24.8 Å². The number of carboxylic acid groups (broad SMARTS) is 1. The number of aromatic nitrogens is 2. The minimum absolute atomic E-state index is 0.120. The van der Waals surface area contributed by atoms with Crippen LogP contribution in [0.4, 0.5) is 24.8 Å². The first-order valence-electron chi connectivity index (χ1n) is 18.1. The quantitative estimate of drug-likeness (QED) is 0.343. The number of hydrogen-bond acceptors (Lipinski definition) is 7. The fraction of sp³-hybridized carbons (Fsp3) is 0.676. The normalized spacial score (nSPS) is 32.3. The van der Waals surface area contributed by atoms with Crippen LogP contribution in [0.2, 0.25) is 0 Å². The van der Waals surface area contributed by atoms with Crippen molar-refractivity contribution in [2.45, 2.75) is 107 Å². The Morgan fingerprint density at radius 2 is 1.65 bits per heavy atom. The molecule has 9 nitrogen and oxygen atoms in total. The Bertz CT molecular complexity index is 1650. The number of amides is 1. The van der Waals surface area contributed by atoms with Crippen molar-refractivity contribution in [1.82, 2.24) is 15.3 Å². The summed E-state index contributed by atoms with van der Waals surface area (Å²) < 4.78 is 56.1. The van der Waals surface area contributed by atoms with Crippen LogP contribution >= 0.6 is 0 Å². The number of carbonyl (C=O) groups is 2. The Hall–Kier alpha value is -3.41. The number of alkyl halides is 3. The van der Waals surface area contributed by atoms with E-state index in [-0.39, 0.29) is 29.3 Å². The van der Waals surface area contributed by atoms with E-state index in [0.29, 0.717) is 49.5 Å². The lowest BCUT2D eigenvalue weighted by atomic mass is 9.48. The van der Waals surface area contributed by atoms with E-state index in [9.17, 15) is 27.9 Å². The number of anilines is 2. The summed E-state index contributed by atoms with van der Waals surface area (Å²) in [6.07, 6.45) is 7.81. The Morgan fingerprint density at radius 1 is 0.980 bits per heavy atom. The summed E-state index contributed by atoms with van der Waals surface area (Å²) in [6, 6.07) is 5.86. The average molecular weight is 681 g/mol. The summed E-state index contributed by atoms with van der Waals surface area (Å²) in [6.45, 7) is 2.12. The van der Waals surface area contributed by atoms with Crippen LogP contribution in [0.25, 0.3) is 0 Å². The van der Waals surface area contributed by atoms with Gasteiger partial charge in [0.05, 0.1) is 24.9 Å². The second-order valence-corrected chi connectivity index (χ2v) is 16.4. The third-order valence-corrected chi connectivity index (χ3v) is 13.6. The van der Waals surface area contributed by atoms with Crippen molar-refractivity contribution in [2.75, 3.05) is 24.7 Å². The minimum Gasteiger partial charge on any atom is -0.490 e. The van der Waals surface area contributed by atoms with E-state index < -0.39 is 34.8 Å². The van der Waals surface area contributed by atoms with E-state index in [1.54, 1.807) is 4.90 Å². The first-order valence-corrected chi connectivity index (χ1v) is 18.1. The predicted molar refractivity (Wildman–Crippen MR) is 172 cm³/mol. The van der Waals surface area contributed by atoms with Crippen molar-refractivity contribution in [2.24, 2.45) is 29.1 Å². The van der Waals surface area contributed by atoms with Gasteiger partial charge in [0, 0.05) is 29.3 Å². The van der Waals surface area contributed by atoms with Crippen LogP contribution in [0.3, 0.4) is 0 Å². The molecule has 7 fully saturated rings. The first kappa shape index (κ1) is 31.6. The summed E-state index contributed by atoms with van der Waals surface area (Å²) in [5.41, 5.74) is -1.80. The zero-order chi connectivity index (χ0) is 33.8. The zero-order valence-electron chi connectivity index (χ0n) is 27.6. The van der Waals surface area contributed by atoms with Crippen LogP contribution in [-0.2, 0) is 21.1 Å². The lowest BCUT2D eigenvalue weighted by Gasteiger charge is -2.59. The van der Waals surface area contributed by atoms with Gasteiger partial charge >= 0.3 is 12.1 Å². The van der Waals surface area contributed by atoms with Gasteiger partial charge in [-0.2, -0.15) is 13.2 Å². The van der Waals surface area contributed by atoms with E-state index in [0.717, 1.165) is 94.2 Å². The molecule has 8 aliphatic rings. The van der Waals surface area contributed by atoms with Crippen LogP contribution in [0.1, 0.15) is 105 Å². The van der Waals surface area contributed by atoms with E-state index in [1.807, 2.05) is 12.1 Å². The third kappa shape index (κ3) is 4.97. The molecule has 6 saturated carbocycles. The molecular weight excluding hydrogens is 637 g/mol. The maximum atomic E-state index is 14.7. The number of aliphatic carboxylic acids is 1. The monoisotopic (exact) mass is 680 g/mol. The number of ether oxygens (including phenoxy) is 2. The molecule has 10 rings (SSSR count). The van der Waals surface area contributed by atoms with Gasteiger partial charge in [0.1, 0.15) is 11.3 Å². The molecule has 1 saturated heterocycles. The molecule has 1 aromatic carbocycles. The smallest absolute Gasteiger partial charge is 0.434 e. The van der Waals surface area contributed by atoms with E-state index in [1.165, 1.54) is 0 Å². The molecule has 0 atom stereocenters. The molecular formula is C37H43F3N4O5. The number of rotatable bonds is 6. The summed E-state index contributed by atoms with van der Waals surface area (Å²) in [7, 11) is 0. The Balaban J connectivity index is 1.01. The number of carbonyl (C=O) groups excluding carboxylic acids is 1. The Labute approximate surface area is 283 Å². The molecule has 2 N–H and O–H groups in total. The Kier molecular flexibility index (Phi) is 7.11. The Morgan fingerprint density at radius 3 is 2.24 bits per heavy atom. The zero-order valence-corrected chi connectivity index (χ0v) is 27.6. The molecule has 0 radical (unpaired) electrons. The summed E-state index contributed by atoms with van der Waals surface area (Å²) in [4.78, 5) is 36.7. The molecule has 4 bridgehead atoms. The van der Waals surface area contributed by atoms with Gasteiger partial charge in [0.15, 0.2) is 5.69 Å². The molecule has 49 heavy (non-hydrogen) atoms. The van der Waals surface area contributed by atoms with Crippen molar-refractivity contribution >= 4 is 23.5 Å². The van der Waals surface area contributed by atoms with Gasteiger partial charge in [0.25, 0.3) is 5.91 Å². The maximum absolute atomic E-state index is 14.7. The number of hydrogen-bond donors (Lipinski definition) is 2. The van der Waals surface area contributed by atoms with Gasteiger partial charge in [-0.1, -0.05) is 12.8 Å². The topological polar surface area (TPSA) is 114 Å². The molecule has 2 spiro atoms. The predicted octanol–water partition coefficient (Wildman–Crippen LogP) is 6.81. The second-order valence-electron chi connectivity index (χ2n) is 16.4. The lowest BCUT2D eigenvalue weighted by molar-refractivity contribution is -0.163. The fourth-order valence-electron chi connectivity index (χ4n) is 11.2. The van der Waals surface area contributed by atoms with Crippen molar-refractivity contribution in [3.05, 3.63) is 41.2 Å². The second kappa shape index (κ2) is 11.0. The molecule has 1 amide bonds. The highest BCUT2D eigenvalue weighted by atomic mass is 19.4. The van der Waals surface area contributed by atoms with Crippen LogP contribution in [-0.4, -0.2) is 58.4 Å². The summed E-state index contributed by atoms with van der Waals surface area (Å²) >= 11 is 0. The SMILES string of the molecule is O=C(NC1(C(=O)O)C2CC3CC(C2)CC1C3)c1cnc(N2CC3(CCCC3)c3cc(OC4CCC5(CC4)COC5)ccc32)nc1C(F)(F)F. The molecule has 2 aromatic rings. The van der Waals surface area contributed by atoms with Crippen LogP contribution in [0, 0.1) is 29.1 Å². The highest BCUT2D eigenvalue weighted by Crippen LogP contribution is 2.59. The van der Waals surface area contributed by atoms with Gasteiger partial charge in [-0.05, 0) is 118 Å². The van der Waals surface area contributed by atoms with Gasteiger partial charge in [0.2, 0.25) is 5.95 Å². The highest BCUT2D eigenvalue weighted by Gasteiger charge is 2.62. The van der Waals surface area contributed by atoms with Crippen LogP contribution < -0.4 is 15.0 Å². The number of benzene rings is 1. The van der Waals surface area contributed by atoms with E-state index >= 15 is 0 Å². The maximum Gasteiger partial charge on any atom is 0.434 e. The highest BCUT2D eigenvalue weighted by molar-refractivity contribution is 5.99. The molecule has 0 unspecified atom stereocenters. The summed E-state index contributed by atoms with van der Waals surface area (Å²) in [5.74, 6) is -1.37. The number of halogens is 3. The molecule has 6 aliphatic carbocycles. The number of nitrogens with zero attached hydrogens (tertiary/aromatic N) is 3. The van der Waals surface area contributed by atoms with E-state index in [4.69, 9.17) is 9.47 Å². The molecule has 12 heteroatoms. The van der Waals surface area contributed by atoms with Gasteiger partial charge in [-0.25, -0.2) is 14.8 Å². The largest absolute Gasteiger partial charge is 0.490 e. The number of carboxylic acids is 1. The fourth-order valence-corrected chi connectivity index (χ4v) is 11.2. The lowest BCUT2D eigenvalue weighted by Crippen LogP contribution is -2.70. The van der Waals surface area contributed by atoms with E-state index in [2.05, 4.69) is 21.4 Å². The molecule has 1 aromatic heterocycles. The summed E-state index contributed by atoms with van der Waals surface area (Å²) in [5, 5.41) is 13.1. The molecule has 2 aliphatic heterocycles. The number of fused-ring (bicyclic) bond motifs is 2. The average Bonchev–Trinajstić information content (AvgIpc) is 3.66. The van der Waals surface area contributed by atoms with Crippen molar-refractivity contribution in [3.8, 4) is 5.75 Å². The molecule has 262 valence electrons. The van der Waals surface area contributed by atoms with Crippen molar-refractivity contribution < 1.29 is 37.3 Å². The van der Waals surface area contributed by atoms with Crippen molar-refractivity contribution in [1.29, 1.82) is 0 Å². The first-order chi connectivity index (χ1) is 23.5. The van der Waals surface area contributed by atoms with Gasteiger partial charge in [-0.15, -0.1) is 0 Å². The standard InChI is InChI=1S/C37H43F3N4O5/c38-37(39,40)30-27(31(45)43-36(32(46)47)23-12-21-11-22(14-23)15-24(36)13-21)17-41-33(42-30)44-18-35(7-1-2-8-35)28-16-26(3-4-29(28)44)49-25-5-9-34(10-6-25)19-48-20-34/h3-4,16-17,21-25H,1-2,5-15,18-20H2,(H,43,45)(H,46,47). The van der Waals surface area contributed by atoms with Crippen LogP contribution in [0.15, 0.2) is 24.4 Å². The molecule has 3 heterocycles. The number of nitrogens with one attached hydrogen (secondary N) is 1. The van der Waals surface area contributed by atoms with Crippen molar-refractivity contribution in [3.63, 3.8) is 0 Å². The van der Waals surface area contributed by atoms with Crippen LogP contribution in [0.5, 0.6) is 5.75 Å². The third-order valence-electron chi connectivity index (χ3n) is 13.6. The minimum atomic E-state index is -4.96.